The van der Waals surface area contributed by atoms with E-state index in [0.717, 1.165) is 42.2 Å². The fourth-order valence-electron chi connectivity index (χ4n) is 2.55. The van der Waals surface area contributed by atoms with E-state index in [9.17, 15) is 4.79 Å². The Morgan fingerprint density at radius 1 is 1.50 bits per heavy atom. The number of likely N-dealkylation sites (tertiary alicyclic amines) is 1. The molecular weight excluding hydrogens is 290 g/mol. The van der Waals surface area contributed by atoms with Gasteiger partial charge in [-0.2, -0.15) is 0 Å². The SMILES string of the molecule is CCCc1nc(C(=O)N2CCCC2c2nccs2)cs1. The summed E-state index contributed by atoms with van der Waals surface area (Å²) in [5.74, 6) is 0.0568. The summed E-state index contributed by atoms with van der Waals surface area (Å²) in [7, 11) is 0. The zero-order chi connectivity index (χ0) is 13.9. The summed E-state index contributed by atoms with van der Waals surface area (Å²) in [5, 5.41) is 5.96. The van der Waals surface area contributed by atoms with E-state index in [1.807, 2.05) is 21.9 Å². The fourth-order valence-corrected chi connectivity index (χ4v) is 4.21. The van der Waals surface area contributed by atoms with Crippen LogP contribution in [0.4, 0.5) is 0 Å². The normalized spacial score (nSPS) is 18.6. The molecule has 106 valence electrons. The molecule has 3 heterocycles. The van der Waals surface area contributed by atoms with E-state index in [4.69, 9.17) is 0 Å². The number of aromatic nitrogens is 2. The molecule has 2 aromatic heterocycles. The molecule has 20 heavy (non-hydrogen) atoms. The molecule has 0 aliphatic carbocycles. The summed E-state index contributed by atoms with van der Waals surface area (Å²) in [6, 6.07) is 0.138. The second kappa shape index (κ2) is 6.01. The van der Waals surface area contributed by atoms with Crippen LogP contribution in [0, 0.1) is 0 Å². The van der Waals surface area contributed by atoms with Gasteiger partial charge in [0, 0.05) is 23.5 Å². The zero-order valence-corrected chi connectivity index (χ0v) is 13.0. The number of rotatable bonds is 4. The van der Waals surface area contributed by atoms with Crippen molar-refractivity contribution in [3.8, 4) is 0 Å². The van der Waals surface area contributed by atoms with Gasteiger partial charge < -0.3 is 4.90 Å². The first-order valence-corrected chi connectivity index (χ1v) is 8.70. The minimum Gasteiger partial charge on any atom is -0.328 e. The Labute approximate surface area is 126 Å². The Balaban J connectivity index is 1.78. The number of aryl methyl sites for hydroxylation is 1. The number of carbonyl (C=O) groups excluding carboxylic acids is 1. The lowest BCUT2D eigenvalue weighted by atomic mass is 10.2. The van der Waals surface area contributed by atoms with E-state index in [1.54, 1.807) is 22.7 Å². The predicted octanol–water partition coefficient (Wildman–Crippen LogP) is 3.53. The van der Waals surface area contributed by atoms with Crippen molar-refractivity contribution in [2.45, 2.75) is 38.6 Å². The van der Waals surface area contributed by atoms with Crippen LogP contribution in [0.2, 0.25) is 0 Å². The molecule has 2 aromatic rings. The van der Waals surface area contributed by atoms with Crippen molar-refractivity contribution >= 4 is 28.6 Å². The fraction of sp³-hybridized carbons (Fsp3) is 0.500. The first-order valence-electron chi connectivity index (χ1n) is 6.94. The van der Waals surface area contributed by atoms with Crippen LogP contribution in [0.3, 0.4) is 0 Å². The molecule has 4 nitrogen and oxygen atoms in total. The van der Waals surface area contributed by atoms with E-state index < -0.39 is 0 Å². The van der Waals surface area contributed by atoms with Crippen molar-refractivity contribution in [3.05, 3.63) is 32.7 Å². The van der Waals surface area contributed by atoms with Crippen molar-refractivity contribution < 1.29 is 4.79 Å². The highest BCUT2D eigenvalue weighted by molar-refractivity contribution is 7.10. The number of hydrogen-bond acceptors (Lipinski definition) is 5. The molecule has 0 radical (unpaired) electrons. The highest BCUT2D eigenvalue weighted by Gasteiger charge is 2.33. The predicted molar refractivity (Wildman–Crippen MR) is 81.2 cm³/mol. The van der Waals surface area contributed by atoms with E-state index in [2.05, 4.69) is 16.9 Å². The molecule has 0 N–H and O–H groups in total. The van der Waals surface area contributed by atoms with Crippen LogP contribution in [0.5, 0.6) is 0 Å². The average Bonchev–Trinajstić information content (AvgIpc) is 3.19. The van der Waals surface area contributed by atoms with Gasteiger partial charge in [-0.3, -0.25) is 4.79 Å². The largest absolute Gasteiger partial charge is 0.328 e. The maximum atomic E-state index is 12.6. The molecule has 1 aliphatic heterocycles. The molecule has 3 rings (SSSR count). The van der Waals surface area contributed by atoms with Crippen LogP contribution in [-0.2, 0) is 6.42 Å². The van der Waals surface area contributed by atoms with Crippen molar-refractivity contribution in [2.75, 3.05) is 6.54 Å². The monoisotopic (exact) mass is 307 g/mol. The van der Waals surface area contributed by atoms with Crippen LogP contribution < -0.4 is 0 Å². The van der Waals surface area contributed by atoms with Crippen molar-refractivity contribution in [1.29, 1.82) is 0 Å². The maximum absolute atomic E-state index is 12.6. The molecule has 6 heteroatoms. The van der Waals surface area contributed by atoms with E-state index in [1.165, 1.54) is 0 Å². The van der Waals surface area contributed by atoms with Gasteiger partial charge in [0.05, 0.1) is 11.0 Å². The number of nitrogens with zero attached hydrogens (tertiary/aromatic N) is 3. The molecule has 0 aromatic carbocycles. The third-order valence-electron chi connectivity index (χ3n) is 3.48. The van der Waals surface area contributed by atoms with Gasteiger partial charge in [0.2, 0.25) is 0 Å². The lowest BCUT2D eigenvalue weighted by molar-refractivity contribution is 0.0730. The maximum Gasteiger partial charge on any atom is 0.273 e. The first-order chi connectivity index (χ1) is 9.79. The van der Waals surface area contributed by atoms with Crippen LogP contribution in [0.15, 0.2) is 17.0 Å². The highest BCUT2D eigenvalue weighted by atomic mass is 32.1. The smallest absolute Gasteiger partial charge is 0.273 e. The Bertz CT molecular complexity index is 579. The van der Waals surface area contributed by atoms with Gasteiger partial charge in [0.25, 0.3) is 5.91 Å². The number of amides is 1. The second-order valence-corrected chi connectivity index (χ2v) is 6.77. The molecule has 1 aliphatic rings. The molecular formula is C14H17N3OS2. The van der Waals surface area contributed by atoms with Crippen LogP contribution >= 0.6 is 22.7 Å². The molecule has 1 amide bonds. The molecule has 0 saturated carbocycles. The van der Waals surface area contributed by atoms with Crippen molar-refractivity contribution in [3.63, 3.8) is 0 Å². The van der Waals surface area contributed by atoms with Crippen LogP contribution in [-0.4, -0.2) is 27.3 Å². The third-order valence-corrected chi connectivity index (χ3v) is 5.27. The quantitative estimate of drug-likeness (QED) is 0.868. The average molecular weight is 307 g/mol. The van der Waals surface area contributed by atoms with E-state index >= 15 is 0 Å². The molecule has 1 unspecified atom stereocenters. The van der Waals surface area contributed by atoms with Gasteiger partial charge in [0.1, 0.15) is 10.7 Å². The summed E-state index contributed by atoms with van der Waals surface area (Å²) in [4.78, 5) is 23.4. The molecule has 1 fully saturated rings. The number of hydrogen-bond donors (Lipinski definition) is 0. The minimum absolute atomic E-state index is 0.0568. The Kier molecular flexibility index (Phi) is 4.12. The molecule has 1 atom stereocenters. The van der Waals surface area contributed by atoms with Crippen molar-refractivity contribution in [1.82, 2.24) is 14.9 Å². The highest BCUT2D eigenvalue weighted by Crippen LogP contribution is 2.34. The lowest BCUT2D eigenvalue weighted by Gasteiger charge is -2.22. The van der Waals surface area contributed by atoms with Gasteiger partial charge >= 0.3 is 0 Å². The van der Waals surface area contributed by atoms with Crippen LogP contribution in [0.1, 0.15) is 52.7 Å². The number of thiazole rings is 2. The third kappa shape index (κ3) is 2.62. The summed E-state index contributed by atoms with van der Waals surface area (Å²) in [6.07, 6.45) is 5.87. The Morgan fingerprint density at radius 3 is 3.15 bits per heavy atom. The summed E-state index contributed by atoms with van der Waals surface area (Å²) < 4.78 is 0. The summed E-state index contributed by atoms with van der Waals surface area (Å²) in [5.41, 5.74) is 0.599. The summed E-state index contributed by atoms with van der Waals surface area (Å²) >= 11 is 3.22. The van der Waals surface area contributed by atoms with Gasteiger partial charge in [-0.05, 0) is 25.7 Å². The first kappa shape index (κ1) is 13.7. The topological polar surface area (TPSA) is 46.1 Å². The van der Waals surface area contributed by atoms with Crippen molar-refractivity contribution in [2.24, 2.45) is 0 Å². The summed E-state index contributed by atoms with van der Waals surface area (Å²) in [6.45, 7) is 2.94. The molecule has 1 saturated heterocycles. The minimum atomic E-state index is 0.0568. The Hall–Kier alpha value is -1.27. The van der Waals surface area contributed by atoms with Crippen LogP contribution in [0.25, 0.3) is 0 Å². The molecule has 0 spiro atoms. The Morgan fingerprint density at radius 2 is 2.40 bits per heavy atom. The van der Waals surface area contributed by atoms with Gasteiger partial charge in [-0.15, -0.1) is 22.7 Å². The zero-order valence-electron chi connectivity index (χ0n) is 11.4. The van der Waals surface area contributed by atoms with Gasteiger partial charge in [0.15, 0.2) is 0 Å². The van der Waals surface area contributed by atoms with E-state index in [0.29, 0.717) is 5.69 Å². The second-order valence-electron chi connectivity index (χ2n) is 4.90. The molecule has 0 bridgehead atoms. The van der Waals surface area contributed by atoms with Gasteiger partial charge in [-0.1, -0.05) is 6.92 Å². The lowest BCUT2D eigenvalue weighted by Crippen LogP contribution is -2.30. The number of carbonyl (C=O) groups is 1. The standard InChI is InChI=1S/C14H17N3OS2/c1-2-4-12-16-10(9-20-12)14(18)17-7-3-5-11(17)13-15-6-8-19-13/h6,8-9,11H,2-5,7H2,1H3. The van der Waals surface area contributed by atoms with E-state index in [-0.39, 0.29) is 11.9 Å². The van der Waals surface area contributed by atoms with Gasteiger partial charge in [-0.25, -0.2) is 9.97 Å².